The zero-order valence-electron chi connectivity index (χ0n) is 15.3. The molecule has 2 amide bonds. The van der Waals surface area contributed by atoms with E-state index in [1.54, 1.807) is 38.3 Å². The molecule has 1 fully saturated rings. The summed E-state index contributed by atoms with van der Waals surface area (Å²) in [6.07, 6.45) is 3.64. The minimum Gasteiger partial charge on any atom is -0.484 e. The Kier molecular flexibility index (Phi) is 6.82. The monoisotopic (exact) mass is 348 g/mol. The van der Waals surface area contributed by atoms with E-state index < -0.39 is 5.60 Å². The van der Waals surface area contributed by atoms with Crippen molar-refractivity contribution in [1.29, 1.82) is 0 Å². The Hall–Kier alpha value is -2.08. The van der Waals surface area contributed by atoms with Gasteiger partial charge in [0, 0.05) is 25.9 Å². The van der Waals surface area contributed by atoms with Crippen LogP contribution >= 0.6 is 0 Å². The van der Waals surface area contributed by atoms with Crippen LogP contribution in [0.4, 0.5) is 5.69 Å². The van der Waals surface area contributed by atoms with E-state index in [2.05, 4.69) is 5.32 Å². The lowest BCUT2D eigenvalue weighted by molar-refractivity contribution is -0.136. The maximum absolute atomic E-state index is 12.4. The van der Waals surface area contributed by atoms with E-state index in [4.69, 9.17) is 9.47 Å². The Morgan fingerprint density at radius 2 is 1.84 bits per heavy atom. The molecule has 0 radical (unpaired) electrons. The SMILES string of the molecule is CCCC(C)(OC)C(=O)Nc1ccc(OCC(=O)N2CCCC2)cc1. The average Bonchev–Trinajstić information content (AvgIpc) is 3.15. The van der Waals surface area contributed by atoms with Crippen LogP contribution in [-0.2, 0) is 14.3 Å². The number of nitrogens with zero attached hydrogens (tertiary/aromatic N) is 1. The highest BCUT2D eigenvalue weighted by Gasteiger charge is 2.32. The molecular weight excluding hydrogens is 320 g/mol. The minimum absolute atomic E-state index is 0.0188. The smallest absolute Gasteiger partial charge is 0.260 e. The third-order valence-electron chi connectivity index (χ3n) is 4.59. The second-order valence-electron chi connectivity index (χ2n) is 6.54. The number of anilines is 1. The first-order valence-electron chi connectivity index (χ1n) is 8.86. The van der Waals surface area contributed by atoms with Gasteiger partial charge in [-0.05, 0) is 50.5 Å². The first-order chi connectivity index (χ1) is 12.0. The first kappa shape index (κ1) is 19.2. The van der Waals surface area contributed by atoms with Gasteiger partial charge in [0.25, 0.3) is 11.8 Å². The highest BCUT2D eigenvalue weighted by atomic mass is 16.5. The molecule has 6 heteroatoms. The van der Waals surface area contributed by atoms with Crippen molar-refractivity contribution in [3.63, 3.8) is 0 Å². The topological polar surface area (TPSA) is 67.9 Å². The fourth-order valence-electron chi connectivity index (χ4n) is 2.89. The van der Waals surface area contributed by atoms with Crippen molar-refractivity contribution in [2.24, 2.45) is 0 Å². The molecule has 1 heterocycles. The van der Waals surface area contributed by atoms with Crippen molar-refractivity contribution in [3.8, 4) is 5.75 Å². The highest BCUT2D eigenvalue weighted by molar-refractivity contribution is 5.97. The highest BCUT2D eigenvalue weighted by Crippen LogP contribution is 2.21. The third kappa shape index (κ3) is 5.19. The van der Waals surface area contributed by atoms with Crippen LogP contribution in [-0.4, -0.2) is 49.1 Å². The first-order valence-corrected chi connectivity index (χ1v) is 8.86. The standard InChI is InChI=1S/C19H28N2O4/c1-4-11-19(2,24-3)18(23)20-15-7-9-16(10-8-15)25-14-17(22)21-12-5-6-13-21/h7-10H,4-6,11-14H2,1-3H3,(H,20,23). The number of rotatable bonds is 8. The number of likely N-dealkylation sites (tertiary alicyclic amines) is 1. The fourth-order valence-corrected chi connectivity index (χ4v) is 2.89. The van der Waals surface area contributed by atoms with Gasteiger partial charge in [0.15, 0.2) is 6.61 Å². The molecule has 1 N–H and O–H groups in total. The second-order valence-corrected chi connectivity index (χ2v) is 6.54. The van der Waals surface area contributed by atoms with Crippen molar-refractivity contribution in [1.82, 2.24) is 4.90 Å². The molecule has 1 aromatic carbocycles. The summed E-state index contributed by atoms with van der Waals surface area (Å²) in [5, 5.41) is 2.86. The van der Waals surface area contributed by atoms with Gasteiger partial charge in [0.1, 0.15) is 11.4 Å². The number of amides is 2. The molecule has 1 aliphatic rings. The van der Waals surface area contributed by atoms with Crippen molar-refractivity contribution in [3.05, 3.63) is 24.3 Å². The van der Waals surface area contributed by atoms with Crippen molar-refractivity contribution < 1.29 is 19.1 Å². The molecular formula is C19H28N2O4. The van der Waals surface area contributed by atoms with Gasteiger partial charge in [0.2, 0.25) is 0 Å². The van der Waals surface area contributed by atoms with Crippen LogP contribution in [0.25, 0.3) is 0 Å². The van der Waals surface area contributed by atoms with Crippen molar-refractivity contribution in [2.45, 2.75) is 45.1 Å². The lowest BCUT2D eigenvalue weighted by Crippen LogP contribution is -2.41. The maximum Gasteiger partial charge on any atom is 0.260 e. The Balaban J connectivity index is 1.86. The summed E-state index contributed by atoms with van der Waals surface area (Å²) >= 11 is 0. The summed E-state index contributed by atoms with van der Waals surface area (Å²) in [6, 6.07) is 7.01. The van der Waals surface area contributed by atoms with Gasteiger partial charge >= 0.3 is 0 Å². The van der Waals surface area contributed by atoms with Gasteiger partial charge in [-0.2, -0.15) is 0 Å². The zero-order chi connectivity index (χ0) is 18.3. The zero-order valence-corrected chi connectivity index (χ0v) is 15.3. The Morgan fingerprint density at radius 3 is 2.40 bits per heavy atom. The van der Waals surface area contributed by atoms with E-state index in [9.17, 15) is 9.59 Å². The summed E-state index contributed by atoms with van der Waals surface area (Å²) in [5.41, 5.74) is -0.172. The molecule has 6 nitrogen and oxygen atoms in total. The predicted octanol–water partition coefficient (Wildman–Crippen LogP) is 2.83. The number of hydrogen-bond acceptors (Lipinski definition) is 4. The molecule has 1 aromatic rings. The molecule has 0 spiro atoms. The average molecular weight is 348 g/mol. The third-order valence-corrected chi connectivity index (χ3v) is 4.59. The maximum atomic E-state index is 12.4. The van der Waals surface area contributed by atoms with Gasteiger partial charge in [-0.3, -0.25) is 9.59 Å². The Labute approximate surface area is 149 Å². The molecule has 1 aliphatic heterocycles. The molecule has 2 rings (SSSR count). The number of benzene rings is 1. The van der Waals surface area contributed by atoms with E-state index >= 15 is 0 Å². The van der Waals surface area contributed by atoms with Crippen LogP contribution in [0.1, 0.15) is 39.5 Å². The number of carbonyl (C=O) groups excluding carboxylic acids is 2. The summed E-state index contributed by atoms with van der Waals surface area (Å²) < 4.78 is 10.9. The number of ether oxygens (including phenoxy) is 2. The van der Waals surface area contributed by atoms with Crippen LogP contribution in [0.2, 0.25) is 0 Å². The lowest BCUT2D eigenvalue weighted by atomic mass is 9.99. The van der Waals surface area contributed by atoms with Crippen LogP contribution in [0, 0.1) is 0 Å². The summed E-state index contributed by atoms with van der Waals surface area (Å²) in [5.74, 6) is 0.452. The predicted molar refractivity (Wildman–Crippen MR) is 96.7 cm³/mol. The minimum atomic E-state index is -0.841. The summed E-state index contributed by atoms with van der Waals surface area (Å²) in [7, 11) is 1.55. The Bertz CT molecular complexity index is 582. The van der Waals surface area contributed by atoms with Crippen LogP contribution in [0.3, 0.4) is 0 Å². The van der Waals surface area contributed by atoms with Gasteiger partial charge in [0.05, 0.1) is 0 Å². The van der Waals surface area contributed by atoms with E-state index in [0.29, 0.717) is 17.9 Å². The molecule has 25 heavy (non-hydrogen) atoms. The lowest BCUT2D eigenvalue weighted by Gasteiger charge is -2.26. The molecule has 1 unspecified atom stereocenters. The number of nitrogens with one attached hydrogen (secondary N) is 1. The summed E-state index contributed by atoms with van der Waals surface area (Å²) in [6.45, 7) is 5.49. The van der Waals surface area contributed by atoms with Gasteiger partial charge < -0.3 is 19.7 Å². The van der Waals surface area contributed by atoms with Gasteiger partial charge in [-0.15, -0.1) is 0 Å². The molecule has 1 saturated heterocycles. The molecule has 0 saturated carbocycles. The van der Waals surface area contributed by atoms with Crippen molar-refractivity contribution >= 4 is 17.5 Å². The quantitative estimate of drug-likeness (QED) is 0.784. The normalized spacial score (nSPS) is 16.4. The molecule has 0 aliphatic carbocycles. The van der Waals surface area contributed by atoms with Gasteiger partial charge in [-0.1, -0.05) is 13.3 Å². The van der Waals surface area contributed by atoms with Crippen molar-refractivity contribution in [2.75, 3.05) is 32.1 Å². The number of methoxy groups -OCH3 is 1. The molecule has 0 aromatic heterocycles. The Morgan fingerprint density at radius 1 is 1.20 bits per heavy atom. The molecule has 138 valence electrons. The molecule has 0 bridgehead atoms. The van der Waals surface area contributed by atoms with Crippen LogP contribution in [0.15, 0.2) is 24.3 Å². The van der Waals surface area contributed by atoms with E-state index in [1.807, 2.05) is 11.8 Å². The van der Waals surface area contributed by atoms with E-state index in [1.165, 1.54) is 0 Å². The van der Waals surface area contributed by atoms with Gasteiger partial charge in [-0.25, -0.2) is 0 Å². The van der Waals surface area contributed by atoms with E-state index in [-0.39, 0.29) is 18.4 Å². The fraction of sp³-hybridized carbons (Fsp3) is 0.579. The van der Waals surface area contributed by atoms with E-state index in [0.717, 1.165) is 32.4 Å². The second kappa shape index (κ2) is 8.85. The van der Waals surface area contributed by atoms with Crippen LogP contribution < -0.4 is 10.1 Å². The molecule has 1 atom stereocenters. The van der Waals surface area contributed by atoms with Crippen LogP contribution in [0.5, 0.6) is 5.75 Å². The number of hydrogen-bond donors (Lipinski definition) is 1. The largest absolute Gasteiger partial charge is 0.484 e. The number of carbonyl (C=O) groups is 2. The summed E-state index contributed by atoms with van der Waals surface area (Å²) in [4.78, 5) is 26.2.